The van der Waals surface area contributed by atoms with E-state index >= 15 is 0 Å². The van der Waals surface area contributed by atoms with E-state index in [1.54, 1.807) is 0 Å². The first-order valence-corrected chi connectivity index (χ1v) is 5.75. The van der Waals surface area contributed by atoms with Gasteiger partial charge in [0.2, 0.25) is 0 Å². The van der Waals surface area contributed by atoms with Crippen molar-refractivity contribution in [3.8, 4) is 0 Å². The number of nitrogens with one attached hydrogen (secondary N) is 1. The van der Waals surface area contributed by atoms with Gasteiger partial charge in [0.15, 0.2) is 0 Å². The molecule has 0 bridgehead atoms. The van der Waals surface area contributed by atoms with Crippen LogP contribution in [0.2, 0.25) is 0 Å². The highest BCUT2D eigenvalue weighted by molar-refractivity contribution is 4.61. The second-order valence-electron chi connectivity index (χ2n) is 4.47. The van der Waals surface area contributed by atoms with E-state index in [2.05, 4.69) is 23.9 Å². The summed E-state index contributed by atoms with van der Waals surface area (Å²) in [5, 5.41) is 3.00. The van der Waals surface area contributed by atoms with Gasteiger partial charge in [-0.25, -0.2) is 0 Å². The third kappa shape index (κ3) is 11.8. The van der Waals surface area contributed by atoms with Crippen LogP contribution in [0.1, 0.15) is 40.0 Å². The van der Waals surface area contributed by atoms with Gasteiger partial charge in [-0.3, -0.25) is 4.74 Å². The molecular formula is C11H22F3NO. The lowest BCUT2D eigenvalue weighted by Gasteiger charge is -2.15. The Morgan fingerprint density at radius 1 is 1.12 bits per heavy atom. The minimum absolute atomic E-state index is 0.238. The molecule has 16 heavy (non-hydrogen) atoms. The minimum atomic E-state index is -4.51. The highest BCUT2D eigenvalue weighted by Gasteiger charge is 2.28. The number of ether oxygens (including phenoxy) is 1. The molecule has 0 radical (unpaired) electrons. The molecule has 0 saturated carbocycles. The largest absolute Gasteiger partial charge is 0.522 e. The quantitative estimate of drug-likeness (QED) is 0.658. The smallest absolute Gasteiger partial charge is 0.312 e. The Hall–Kier alpha value is -0.290. The van der Waals surface area contributed by atoms with E-state index in [9.17, 15) is 13.2 Å². The first kappa shape index (κ1) is 15.7. The molecule has 0 aromatic rings. The zero-order valence-corrected chi connectivity index (χ0v) is 10.2. The van der Waals surface area contributed by atoms with E-state index < -0.39 is 6.36 Å². The minimum Gasteiger partial charge on any atom is -0.312 e. The fourth-order valence-electron chi connectivity index (χ4n) is 1.41. The fraction of sp³-hybridized carbons (Fsp3) is 1.00. The molecule has 0 spiro atoms. The Balaban J connectivity index is 3.34. The van der Waals surface area contributed by atoms with Crippen LogP contribution in [-0.4, -0.2) is 25.6 Å². The van der Waals surface area contributed by atoms with E-state index in [-0.39, 0.29) is 19.2 Å². The molecule has 0 heterocycles. The maximum absolute atomic E-state index is 11.6. The molecule has 0 aliphatic rings. The van der Waals surface area contributed by atoms with E-state index in [4.69, 9.17) is 0 Å². The van der Waals surface area contributed by atoms with Crippen molar-refractivity contribution in [3.63, 3.8) is 0 Å². The summed E-state index contributed by atoms with van der Waals surface area (Å²) >= 11 is 0. The molecule has 98 valence electrons. The SMILES string of the molecule is CC(C)CCCC(C)NCCOC(F)(F)F. The molecule has 1 unspecified atom stereocenters. The van der Waals surface area contributed by atoms with E-state index in [0.29, 0.717) is 5.92 Å². The summed E-state index contributed by atoms with van der Waals surface area (Å²) in [6.45, 7) is 6.22. The van der Waals surface area contributed by atoms with Crippen molar-refractivity contribution in [2.75, 3.05) is 13.2 Å². The van der Waals surface area contributed by atoms with Crippen molar-refractivity contribution in [3.05, 3.63) is 0 Å². The molecule has 1 N–H and O–H groups in total. The van der Waals surface area contributed by atoms with Gasteiger partial charge in [-0.2, -0.15) is 0 Å². The second-order valence-corrected chi connectivity index (χ2v) is 4.47. The van der Waals surface area contributed by atoms with Crippen LogP contribution in [-0.2, 0) is 4.74 Å². The summed E-state index contributed by atoms with van der Waals surface area (Å²) in [6.07, 6.45) is -1.26. The monoisotopic (exact) mass is 241 g/mol. The van der Waals surface area contributed by atoms with Crippen molar-refractivity contribution in [1.29, 1.82) is 0 Å². The van der Waals surface area contributed by atoms with Gasteiger partial charge in [0.05, 0.1) is 6.61 Å². The molecule has 0 aliphatic carbocycles. The third-order valence-electron chi connectivity index (χ3n) is 2.28. The number of halogens is 3. The zero-order valence-electron chi connectivity index (χ0n) is 10.2. The van der Waals surface area contributed by atoms with Crippen LogP contribution in [0.5, 0.6) is 0 Å². The summed E-state index contributed by atoms with van der Waals surface area (Å²) in [5.74, 6) is 0.681. The Bertz CT molecular complexity index is 171. The molecule has 5 heteroatoms. The highest BCUT2D eigenvalue weighted by atomic mass is 19.4. The van der Waals surface area contributed by atoms with Gasteiger partial charge in [0, 0.05) is 12.6 Å². The molecule has 0 rings (SSSR count). The summed E-state index contributed by atoms with van der Waals surface area (Å²) in [4.78, 5) is 0. The molecule has 0 amide bonds. The number of hydrogen-bond acceptors (Lipinski definition) is 2. The number of alkyl halides is 3. The van der Waals surface area contributed by atoms with Gasteiger partial charge in [0.25, 0.3) is 0 Å². The van der Waals surface area contributed by atoms with Crippen LogP contribution in [0.3, 0.4) is 0 Å². The predicted octanol–water partition coefficient (Wildman–Crippen LogP) is 3.33. The van der Waals surface area contributed by atoms with Gasteiger partial charge >= 0.3 is 6.36 Å². The van der Waals surface area contributed by atoms with E-state index in [1.807, 2.05) is 6.92 Å². The van der Waals surface area contributed by atoms with Crippen molar-refractivity contribution in [2.45, 2.75) is 52.4 Å². The van der Waals surface area contributed by atoms with Crippen LogP contribution in [0.15, 0.2) is 0 Å². The van der Waals surface area contributed by atoms with Crippen LogP contribution >= 0.6 is 0 Å². The topological polar surface area (TPSA) is 21.3 Å². The molecule has 0 fully saturated rings. The van der Waals surface area contributed by atoms with E-state index in [0.717, 1.165) is 19.3 Å². The molecule has 0 aromatic heterocycles. The Morgan fingerprint density at radius 3 is 2.25 bits per heavy atom. The maximum Gasteiger partial charge on any atom is 0.522 e. The summed E-state index contributed by atoms with van der Waals surface area (Å²) in [6, 6.07) is 0.246. The molecular weight excluding hydrogens is 219 g/mol. The first-order valence-electron chi connectivity index (χ1n) is 5.75. The average Bonchev–Trinajstić information content (AvgIpc) is 2.10. The van der Waals surface area contributed by atoms with Crippen LogP contribution in [0, 0.1) is 5.92 Å². The number of hydrogen-bond donors (Lipinski definition) is 1. The van der Waals surface area contributed by atoms with Crippen molar-refractivity contribution < 1.29 is 17.9 Å². The average molecular weight is 241 g/mol. The second kappa shape index (κ2) is 7.90. The van der Waals surface area contributed by atoms with Gasteiger partial charge in [0.1, 0.15) is 0 Å². The van der Waals surface area contributed by atoms with E-state index in [1.165, 1.54) is 0 Å². The molecule has 0 saturated heterocycles. The number of rotatable bonds is 8. The van der Waals surface area contributed by atoms with Crippen LogP contribution in [0.4, 0.5) is 13.2 Å². The first-order chi connectivity index (χ1) is 7.31. The summed E-state index contributed by atoms with van der Waals surface area (Å²) in [7, 11) is 0. The predicted molar refractivity (Wildman–Crippen MR) is 58.2 cm³/mol. The van der Waals surface area contributed by atoms with Crippen molar-refractivity contribution in [2.24, 2.45) is 5.92 Å². The van der Waals surface area contributed by atoms with Crippen molar-refractivity contribution >= 4 is 0 Å². The molecule has 0 aromatic carbocycles. The van der Waals surface area contributed by atoms with Crippen molar-refractivity contribution in [1.82, 2.24) is 5.32 Å². The summed E-state index contributed by atoms with van der Waals surface area (Å²) in [5.41, 5.74) is 0. The Morgan fingerprint density at radius 2 is 1.75 bits per heavy atom. The maximum atomic E-state index is 11.6. The highest BCUT2D eigenvalue weighted by Crippen LogP contribution is 2.15. The van der Waals surface area contributed by atoms with Crippen LogP contribution < -0.4 is 5.32 Å². The molecule has 1 atom stereocenters. The van der Waals surface area contributed by atoms with Gasteiger partial charge in [-0.15, -0.1) is 13.2 Å². The Kier molecular flexibility index (Phi) is 7.76. The lowest BCUT2D eigenvalue weighted by molar-refractivity contribution is -0.323. The Labute approximate surface area is 95.5 Å². The lowest BCUT2D eigenvalue weighted by Crippen LogP contribution is -2.31. The third-order valence-corrected chi connectivity index (χ3v) is 2.28. The van der Waals surface area contributed by atoms with Gasteiger partial charge in [-0.05, 0) is 19.3 Å². The standard InChI is InChI=1S/C11H22F3NO/c1-9(2)5-4-6-10(3)15-7-8-16-11(12,13)14/h9-10,15H,4-8H2,1-3H3. The molecule has 0 aliphatic heterocycles. The zero-order chi connectivity index (χ0) is 12.6. The van der Waals surface area contributed by atoms with Crippen LogP contribution in [0.25, 0.3) is 0 Å². The van der Waals surface area contributed by atoms with Gasteiger partial charge in [-0.1, -0.05) is 26.7 Å². The van der Waals surface area contributed by atoms with Gasteiger partial charge < -0.3 is 5.32 Å². The normalized spacial score (nSPS) is 14.4. The molecule has 2 nitrogen and oxygen atoms in total. The lowest BCUT2D eigenvalue weighted by atomic mass is 10.0. The fourth-order valence-corrected chi connectivity index (χ4v) is 1.41. The summed E-state index contributed by atoms with van der Waals surface area (Å²) < 4.78 is 38.5.